The number of hydrogen-bond acceptors (Lipinski definition) is 6. The van der Waals surface area contributed by atoms with Gasteiger partial charge in [-0.1, -0.05) is 91.8 Å². The Bertz CT molecular complexity index is 925. The van der Waals surface area contributed by atoms with E-state index in [1.165, 1.54) is 0 Å². The van der Waals surface area contributed by atoms with Crippen molar-refractivity contribution in [3.05, 3.63) is 47.6 Å². The van der Waals surface area contributed by atoms with Gasteiger partial charge in [0.15, 0.2) is 0 Å². The van der Waals surface area contributed by atoms with Crippen molar-refractivity contribution < 1.29 is 28.5 Å². The van der Waals surface area contributed by atoms with Crippen molar-refractivity contribution in [3.8, 4) is 0 Å². The first-order chi connectivity index (χ1) is 21.7. The first-order valence-corrected chi connectivity index (χ1v) is 17.9. The van der Waals surface area contributed by atoms with Gasteiger partial charge in [0.05, 0.1) is 12.2 Å². The zero-order valence-electron chi connectivity index (χ0n) is 31.3. The molecule has 2 aliphatic rings. The molecule has 2 heterocycles. The van der Waals surface area contributed by atoms with Gasteiger partial charge in [-0.3, -0.25) is 9.59 Å². The molecule has 8 atom stereocenters. The molecule has 6 nitrogen and oxygen atoms in total. The van der Waals surface area contributed by atoms with Crippen molar-refractivity contribution in [2.45, 2.75) is 145 Å². The molecule has 0 aromatic carbocycles. The summed E-state index contributed by atoms with van der Waals surface area (Å²) in [6.45, 7) is 21.4. The number of carbonyl (C=O) groups excluding carboxylic acids is 2. The SMILES string of the molecule is CO[C@H]1/C=C/CCCCC(=O)O[C@@H](C(C)C)/C(C)=C\[C@@H](C)[C@@H]1C.CO[C@H]1/C=C/CCCCC(=O)O[C@H](C(C)C)/C(C)=C\[C@@H](C)[C@@H]1C. The third kappa shape index (κ3) is 15.2. The maximum absolute atomic E-state index is 12.1. The molecule has 2 rings (SSSR count). The van der Waals surface area contributed by atoms with E-state index in [1.807, 2.05) is 0 Å². The van der Waals surface area contributed by atoms with E-state index in [4.69, 9.17) is 18.9 Å². The molecule has 0 aromatic heterocycles. The molecule has 6 heteroatoms. The maximum atomic E-state index is 12.1. The maximum Gasteiger partial charge on any atom is 0.306 e. The molecule has 0 unspecified atom stereocenters. The Hall–Kier alpha value is -2.18. The van der Waals surface area contributed by atoms with Gasteiger partial charge in [0.2, 0.25) is 0 Å². The lowest BCUT2D eigenvalue weighted by Gasteiger charge is -2.27. The Labute approximate surface area is 282 Å². The lowest BCUT2D eigenvalue weighted by molar-refractivity contribution is -0.150. The summed E-state index contributed by atoms with van der Waals surface area (Å²) in [5.74, 6) is 1.86. The van der Waals surface area contributed by atoms with Crippen molar-refractivity contribution in [1.29, 1.82) is 0 Å². The van der Waals surface area contributed by atoms with Gasteiger partial charge in [0.1, 0.15) is 12.2 Å². The number of allylic oxidation sites excluding steroid dienone is 4. The highest BCUT2D eigenvalue weighted by Crippen LogP contribution is 2.27. The lowest BCUT2D eigenvalue weighted by atomic mass is 9.86. The number of esters is 2. The largest absolute Gasteiger partial charge is 0.458 e. The molecule has 0 spiro atoms. The molecule has 0 aliphatic carbocycles. The quantitative estimate of drug-likeness (QED) is 0.224. The van der Waals surface area contributed by atoms with Crippen molar-refractivity contribution in [2.24, 2.45) is 35.5 Å². The van der Waals surface area contributed by atoms with Crippen molar-refractivity contribution >= 4 is 11.9 Å². The Kier molecular flexibility index (Phi) is 20.4. The zero-order valence-corrected chi connectivity index (χ0v) is 31.3. The van der Waals surface area contributed by atoms with E-state index in [0.717, 1.165) is 49.7 Å². The van der Waals surface area contributed by atoms with E-state index in [1.54, 1.807) is 14.2 Å². The summed E-state index contributed by atoms with van der Waals surface area (Å²) in [6, 6.07) is 0. The predicted octanol–water partition coefficient (Wildman–Crippen LogP) is 9.84. The number of rotatable bonds is 4. The van der Waals surface area contributed by atoms with Gasteiger partial charge in [-0.05, 0) is 99.0 Å². The lowest BCUT2D eigenvalue weighted by Crippen LogP contribution is -2.27. The monoisotopic (exact) mass is 645 g/mol. The molecular weight excluding hydrogens is 576 g/mol. The summed E-state index contributed by atoms with van der Waals surface area (Å²) < 4.78 is 22.8. The van der Waals surface area contributed by atoms with Crippen molar-refractivity contribution in [1.82, 2.24) is 0 Å². The van der Waals surface area contributed by atoms with Crippen LogP contribution in [0, 0.1) is 35.5 Å². The zero-order chi connectivity index (χ0) is 34.8. The molecule has 0 bridgehead atoms. The van der Waals surface area contributed by atoms with Crippen LogP contribution in [-0.4, -0.2) is 50.6 Å². The predicted molar refractivity (Wildman–Crippen MR) is 190 cm³/mol. The summed E-state index contributed by atoms with van der Waals surface area (Å²) in [5.41, 5.74) is 2.28. The fourth-order valence-corrected chi connectivity index (χ4v) is 6.29. The van der Waals surface area contributed by atoms with E-state index >= 15 is 0 Å². The van der Waals surface area contributed by atoms with Crippen LogP contribution in [0.2, 0.25) is 0 Å². The van der Waals surface area contributed by atoms with Crippen LogP contribution in [0.1, 0.15) is 121 Å². The smallest absolute Gasteiger partial charge is 0.306 e. The molecule has 264 valence electrons. The topological polar surface area (TPSA) is 71.1 Å². The fraction of sp³-hybridized carbons (Fsp3) is 0.750. The van der Waals surface area contributed by atoms with Crippen LogP contribution in [0.15, 0.2) is 47.6 Å². The average molecular weight is 645 g/mol. The van der Waals surface area contributed by atoms with Gasteiger partial charge in [-0.2, -0.15) is 0 Å². The summed E-state index contributed by atoms with van der Waals surface area (Å²) in [4.78, 5) is 24.1. The number of carbonyl (C=O) groups is 2. The van der Waals surface area contributed by atoms with Gasteiger partial charge in [0, 0.05) is 27.1 Å². The molecule has 46 heavy (non-hydrogen) atoms. The summed E-state index contributed by atoms with van der Waals surface area (Å²) in [7, 11) is 3.55. The molecule has 0 saturated heterocycles. The van der Waals surface area contributed by atoms with E-state index in [2.05, 4.69) is 106 Å². The molecule has 0 N–H and O–H groups in total. The van der Waals surface area contributed by atoms with E-state index < -0.39 is 0 Å². The van der Waals surface area contributed by atoms with Crippen molar-refractivity contribution in [3.63, 3.8) is 0 Å². The fourth-order valence-electron chi connectivity index (χ4n) is 6.29. The standard InChI is InChI=1S/2C20H34O3/c2*1-14(2)20-16(4)13-15(3)17(5)18(22-6)11-9-7-8-10-12-19(21)23-20/h2*9,11,13-15,17-18,20H,7-8,10,12H2,1-6H3/b2*11-9+,16-13-/t15-,17+,18+,20+;15-,17+,18+,20-/m11/s1. The molecule has 2 aliphatic heterocycles. The van der Waals surface area contributed by atoms with Gasteiger partial charge >= 0.3 is 11.9 Å². The normalized spacial score (nSPS) is 35.1. The average Bonchev–Trinajstić information content (AvgIpc) is 3.00. The van der Waals surface area contributed by atoms with Crippen LogP contribution in [0.4, 0.5) is 0 Å². The van der Waals surface area contributed by atoms with E-state index in [-0.39, 0.29) is 48.2 Å². The Morgan fingerprint density at radius 2 is 0.978 bits per heavy atom. The van der Waals surface area contributed by atoms with Gasteiger partial charge in [0.25, 0.3) is 0 Å². The minimum atomic E-state index is -0.128. The molecular formula is C40H68O6. The highest BCUT2D eigenvalue weighted by atomic mass is 16.5. The van der Waals surface area contributed by atoms with Crippen LogP contribution < -0.4 is 0 Å². The highest BCUT2D eigenvalue weighted by Gasteiger charge is 2.25. The van der Waals surface area contributed by atoms with Crippen LogP contribution in [0.25, 0.3) is 0 Å². The van der Waals surface area contributed by atoms with Crippen LogP contribution in [0.5, 0.6) is 0 Å². The number of hydrogen-bond donors (Lipinski definition) is 0. The van der Waals surface area contributed by atoms with Gasteiger partial charge in [-0.25, -0.2) is 0 Å². The minimum absolute atomic E-state index is 0.0760. The second-order valence-corrected chi connectivity index (χ2v) is 14.3. The number of methoxy groups -OCH3 is 2. The molecule has 0 radical (unpaired) electrons. The number of ether oxygens (including phenoxy) is 4. The Balaban J connectivity index is 0.000000460. The highest BCUT2D eigenvalue weighted by molar-refractivity contribution is 5.70. The molecule has 0 amide bonds. The van der Waals surface area contributed by atoms with Crippen LogP contribution in [0.3, 0.4) is 0 Å². The molecule has 0 saturated carbocycles. The van der Waals surface area contributed by atoms with Gasteiger partial charge in [-0.15, -0.1) is 0 Å². The van der Waals surface area contributed by atoms with Crippen molar-refractivity contribution in [2.75, 3.05) is 14.2 Å². The second kappa shape index (κ2) is 22.4. The second-order valence-electron chi connectivity index (χ2n) is 14.3. The van der Waals surface area contributed by atoms with E-state index in [0.29, 0.717) is 36.5 Å². The molecule has 0 aromatic rings. The summed E-state index contributed by atoms with van der Waals surface area (Å²) in [6.07, 6.45) is 19.9. The molecule has 0 fully saturated rings. The summed E-state index contributed by atoms with van der Waals surface area (Å²) >= 11 is 0. The first kappa shape index (κ1) is 41.8. The minimum Gasteiger partial charge on any atom is -0.458 e. The Morgan fingerprint density at radius 1 is 0.630 bits per heavy atom. The Morgan fingerprint density at radius 3 is 1.28 bits per heavy atom. The third-order valence-corrected chi connectivity index (χ3v) is 9.57. The van der Waals surface area contributed by atoms with Gasteiger partial charge < -0.3 is 18.9 Å². The van der Waals surface area contributed by atoms with E-state index in [9.17, 15) is 9.59 Å². The van der Waals surface area contributed by atoms with Crippen LogP contribution in [-0.2, 0) is 28.5 Å². The number of cyclic esters (lactones) is 2. The first-order valence-electron chi connectivity index (χ1n) is 17.9. The summed E-state index contributed by atoms with van der Waals surface area (Å²) in [5, 5.41) is 0. The third-order valence-electron chi connectivity index (χ3n) is 9.57. The van der Waals surface area contributed by atoms with Crippen LogP contribution >= 0.6 is 0 Å².